The summed E-state index contributed by atoms with van der Waals surface area (Å²) in [7, 11) is 0. The molecule has 8 heteroatoms. The molecule has 0 unspecified atom stereocenters. The SMILES string of the molecule is O=C(NC(=S)Nc1ccc2oc(-c3ccc(-c4ccccc4)cc3)nc2c1)c1ccc(Cl)c(Cl)c1. The van der Waals surface area contributed by atoms with E-state index in [1.165, 1.54) is 6.07 Å². The summed E-state index contributed by atoms with van der Waals surface area (Å²) in [5.41, 5.74) is 5.46. The standard InChI is InChI=1S/C27H17Cl2N3O2S/c28-21-12-10-19(14-22(21)29)25(33)32-27(35)30-20-11-13-24-23(15-20)31-26(34-24)18-8-6-17(7-9-18)16-4-2-1-3-5-16/h1-15H,(H2,30,32,33,35). The van der Waals surface area contributed by atoms with Crippen LogP contribution >= 0.6 is 35.4 Å². The zero-order chi connectivity index (χ0) is 24.4. The number of anilines is 1. The summed E-state index contributed by atoms with van der Waals surface area (Å²) < 4.78 is 5.94. The topological polar surface area (TPSA) is 67.2 Å². The molecule has 1 amide bonds. The summed E-state index contributed by atoms with van der Waals surface area (Å²) in [5, 5.41) is 6.42. The van der Waals surface area contributed by atoms with E-state index < -0.39 is 5.91 Å². The number of fused-ring (bicyclic) bond motifs is 1. The first-order valence-corrected chi connectivity index (χ1v) is 11.8. The molecule has 1 aromatic heterocycles. The van der Waals surface area contributed by atoms with E-state index in [9.17, 15) is 4.79 Å². The number of amides is 1. The van der Waals surface area contributed by atoms with Crippen LogP contribution in [0.25, 0.3) is 33.7 Å². The van der Waals surface area contributed by atoms with E-state index in [1.54, 1.807) is 30.3 Å². The number of carbonyl (C=O) groups is 1. The van der Waals surface area contributed by atoms with Crippen molar-refractivity contribution in [3.8, 4) is 22.6 Å². The Hall–Kier alpha value is -3.71. The van der Waals surface area contributed by atoms with E-state index in [0.29, 0.717) is 38.3 Å². The smallest absolute Gasteiger partial charge is 0.257 e. The average Bonchev–Trinajstić information content (AvgIpc) is 3.30. The second kappa shape index (κ2) is 9.88. The number of hydrogen-bond acceptors (Lipinski definition) is 4. The van der Waals surface area contributed by atoms with Gasteiger partial charge in [0.25, 0.3) is 5.91 Å². The molecule has 172 valence electrons. The third kappa shape index (κ3) is 5.20. The van der Waals surface area contributed by atoms with Crippen LogP contribution in [0.3, 0.4) is 0 Å². The van der Waals surface area contributed by atoms with Crippen molar-refractivity contribution in [2.75, 3.05) is 5.32 Å². The molecule has 1 heterocycles. The molecule has 0 saturated carbocycles. The molecule has 0 aliphatic heterocycles. The van der Waals surface area contributed by atoms with Crippen LogP contribution in [0.4, 0.5) is 5.69 Å². The van der Waals surface area contributed by atoms with Gasteiger partial charge in [0.15, 0.2) is 10.7 Å². The molecular weight excluding hydrogens is 501 g/mol. The lowest BCUT2D eigenvalue weighted by Crippen LogP contribution is -2.34. The lowest BCUT2D eigenvalue weighted by molar-refractivity contribution is 0.0977. The molecule has 0 spiro atoms. The Labute approximate surface area is 216 Å². The Morgan fingerprint density at radius 1 is 0.800 bits per heavy atom. The van der Waals surface area contributed by atoms with Crippen molar-refractivity contribution in [2.45, 2.75) is 0 Å². The summed E-state index contributed by atoms with van der Waals surface area (Å²) in [6.07, 6.45) is 0. The zero-order valence-corrected chi connectivity index (χ0v) is 20.4. The highest BCUT2D eigenvalue weighted by Gasteiger charge is 2.12. The molecule has 5 rings (SSSR count). The molecule has 0 aliphatic carbocycles. The van der Waals surface area contributed by atoms with Gasteiger partial charge in [0, 0.05) is 16.8 Å². The summed E-state index contributed by atoms with van der Waals surface area (Å²) in [6, 6.07) is 28.2. The quantitative estimate of drug-likeness (QED) is 0.240. The van der Waals surface area contributed by atoms with Gasteiger partial charge in [-0.25, -0.2) is 4.98 Å². The Morgan fingerprint density at radius 2 is 1.51 bits per heavy atom. The number of hydrogen-bond donors (Lipinski definition) is 2. The number of halogens is 2. The molecule has 2 N–H and O–H groups in total. The van der Waals surface area contributed by atoms with Crippen LogP contribution in [0.2, 0.25) is 10.0 Å². The highest BCUT2D eigenvalue weighted by molar-refractivity contribution is 7.80. The van der Waals surface area contributed by atoms with E-state index >= 15 is 0 Å². The van der Waals surface area contributed by atoms with Gasteiger partial charge in [-0.15, -0.1) is 0 Å². The van der Waals surface area contributed by atoms with Crippen LogP contribution in [0.5, 0.6) is 0 Å². The van der Waals surface area contributed by atoms with Crippen LogP contribution in [-0.4, -0.2) is 16.0 Å². The van der Waals surface area contributed by atoms with Crippen molar-refractivity contribution < 1.29 is 9.21 Å². The fraction of sp³-hybridized carbons (Fsp3) is 0. The lowest BCUT2D eigenvalue weighted by Gasteiger charge is -2.10. The van der Waals surface area contributed by atoms with Crippen LogP contribution < -0.4 is 10.6 Å². The second-order valence-electron chi connectivity index (χ2n) is 7.68. The molecule has 0 radical (unpaired) electrons. The lowest BCUT2D eigenvalue weighted by atomic mass is 10.0. The number of aromatic nitrogens is 1. The van der Waals surface area contributed by atoms with Crippen LogP contribution in [0.1, 0.15) is 10.4 Å². The Morgan fingerprint density at radius 3 is 2.26 bits per heavy atom. The predicted molar refractivity (Wildman–Crippen MR) is 145 cm³/mol. The van der Waals surface area contributed by atoms with E-state index in [0.717, 1.165) is 16.7 Å². The minimum absolute atomic E-state index is 0.139. The molecule has 0 atom stereocenters. The van der Waals surface area contributed by atoms with Gasteiger partial charge in [-0.1, -0.05) is 65.7 Å². The Balaban J connectivity index is 1.29. The van der Waals surface area contributed by atoms with Gasteiger partial charge in [0.2, 0.25) is 5.89 Å². The highest BCUT2D eigenvalue weighted by atomic mass is 35.5. The summed E-state index contributed by atoms with van der Waals surface area (Å²) in [6.45, 7) is 0. The number of rotatable bonds is 4. The maximum atomic E-state index is 12.4. The van der Waals surface area contributed by atoms with Gasteiger partial charge in [0.05, 0.1) is 10.0 Å². The molecular formula is C27H17Cl2N3O2S. The number of thiocarbonyl (C=S) groups is 1. The third-order valence-corrected chi connectivity index (χ3v) is 6.24. The van der Waals surface area contributed by atoms with E-state index in [-0.39, 0.29) is 5.11 Å². The van der Waals surface area contributed by atoms with Crippen molar-refractivity contribution in [3.05, 3.63) is 107 Å². The number of nitrogens with one attached hydrogen (secondary N) is 2. The summed E-state index contributed by atoms with van der Waals surface area (Å²) >= 11 is 17.2. The van der Waals surface area contributed by atoms with Gasteiger partial charge in [-0.2, -0.15) is 0 Å². The van der Waals surface area contributed by atoms with Gasteiger partial charge < -0.3 is 9.73 Å². The first-order chi connectivity index (χ1) is 17.0. The molecule has 4 aromatic carbocycles. The van der Waals surface area contributed by atoms with Crippen molar-refractivity contribution in [1.82, 2.24) is 10.3 Å². The maximum absolute atomic E-state index is 12.4. The monoisotopic (exact) mass is 517 g/mol. The highest BCUT2D eigenvalue weighted by Crippen LogP contribution is 2.28. The number of benzene rings is 4. The molecule has 0 saturated heterocycles. The van der Waals surface area contributed by atoms with E-state index in [2.05, 4.69) is 27.8 Å². The fourth-order valence-corrected chi connectivity index (χ4v) is 4.05. The van der Waals surface area contributed by atoms with Crippen LogP contribution in [0.15, 0.2) is 95.4 Å². The number of carbonyl (C=O) groups excluding carboxylic acids is 1. The normalized spacial score (nSPS) is 10.8. The zero-order valence-electron chi connectivity index (χ0n) is 18.1. The van der Waals surface area contributed by atoms with Gasteiger partial charge in [-0.3, -0.25) is 10.1 Å². The third-order valence-electron chi connectivity index (χ3n) is 5.29. The van der Waals surface area contributed by atoms with Crippen molar-refractivity contribution >= 4 is 63.2 Å². The molecule has 35 heavy (non-hydrogen) atoms. The van der Waals surface area contributed by atoms with E-state index in [4.69, 9.17) is 39.8 Å². The first kappa shape index (κ1) is 23.1. The number of nitrogens with zero attached hydrogens (tertiary/aromatic N) is 1. The molecule has 0 bridgehead atoms. The van der Waals surface area contributed by atoms with Gasteiger partial charge in [-0.05, 0) is 71.9 Å². The van der Waals surface area contributed by atoms with Crippen LogP contribution in [0, 0.1) is 0 Å². The second-order valence-corrected chi connectivity index (χ2v) is 8.90. The minimum atomic E-state index is -0.398. The Kier molecular flexibility index (Phi) is 6.51. The van der Waals surface area contributed by atoms with Gasteiger partial charge >= 0.3 is 0 Å². The fourth-order valence-electron chi connectivity index (χ4n) is 3.54. The van der Waals surface area contributed by atoms with Crippen molar-refractivity contribution in [3.63, 3.8) is 0 Å². The molecule has 5 nitrogen and oxygen atoms in total. The molecule has 0 aliphatic rings. The van der Waals surface area contributed by atoms with Crippen LogP contribution in [-0.2, 0) is 0 Å². The largest absolute Gasteiger partial charge is 0.436 e. The summed E-state index contributed by atoms with van der Waals surface area (Å²) in [4.78, 5) is 17.0. The van der Waals surface area contributed by atoms with E-state index in [1.807, 2.05) is 42.5 Å². The Bertz CT molecular complexity index is 1550. The molecule has 5 aromatic rings. The predicted octanol–water partition coefficient (Wildman–Crippen LogP) is 7.60. The minimum Gasteiger partial charge on any atom is -0.436 e. The molecule has 0 fully saturated rings. The summed E-state index contributed by atoms with van der Waals surface area (Å²) in [5.74, 6) is 0.122. The van der Waals surface area contributed by atoms with Crippen molar-refractivity contribution in [1.29, 1.82) is 0 Å². The number of oxazole rings is 1. The van der Waals surface area contributed by atoms with Crippen molar-refractivity contribution in [2.24, 2.45) is 0 Å². The van der Waals surface area contributed by atoms with Gasteiger partial charge in [0.1, 0.15) is 5.52 Å². The average molecular weight is 518 g/mol. The first-order valence-electron chi connectivity index (χ1n) is 10.6. The maximum Gasteiger partial charge on any atom is 0.257 e.